The molecule has 2 aliphatic rings. The molecule has 0 spiro atoms. The zero-order chi connectivity index (χ0) is 25.4. The normalized spacial score (nSPS) is 20.0. The maximum absolute atomic E-state index is 16.1. The van der Waals surface area contributed by atoms with E-state index in [4.69, 9.17) is 4.74 Å². The highest BCUT2D eigenvalue weighted by atomic mass is 19.4. The Morgan fingerprint density at radius 2 is 1.81 bits per heavy atom. The van der Waals surface area contributed by atoms with Crippen molar-refractivity contribution in [3.63, 3.8) is 0 Å². The van der Waals surface area contributed by atoms with Gasteiger partial charge in [-0.1, -0.05) is 0 Å². The lowest BCUT2D eigenvalue weighted by molar-refractivity contribution is -0.137. The van der Waals surface area contributed by atoms with Crippen molar-refractivity contribution < 1.29 is 26.7 Å². The topological polar surface area (TPSA) is 91.9 Å². The second-order valence-corrected chi connectivity index (χ2v) is 9.11. The number of hydrogen-bond acceptors (Lipinski definition) is 7. The molecule has 3 aromatic heterocycles. The number of aromatic nitrogens is 5. The van der Waals surface area contributed by atoms with Gasteiger partial charge in [0, 0.05) is 48.0 Å². The van der Waals surface area contributed by atoms with Crippen LogP contribution in [0.25, 0.3) is 33.1 Å². The fourth-order valence-electron chi connectivity index (χ4n) is 5.30. The van der Waals surface area contributed by atoms with E-state index in [-0.39, 0.29) is 51.5 Å². The highest BCUT2D eigenvalue weighted by Gasteiger charge is 2.39. The maximum Gasteiger partial charge on any atom is 0.418 e. The molecule has 5 heterocycles. The number of halogens is 5. The molecule has 13 heteroatoms. The minimum absolute atomic E-state index is 0.0543. The van der Waals surface area contributed by atoms with Gasteiger partial charge in [0.25, 0.3) is 0 Å². The number of rotatable bonds is 3. The Balaban J connectivity index is 1.65. The SMILES string of the molecule is COc1nc(N2CC3CCC(C2)N3)c2cc(F)c(-c3c(C(F)(F)F)cnc4n[nH]c(C)c34)c(F)c2n1. The van der Waals surface area contributed by atoms with E-state index >= 15 is 8.78 Å². The number of aromatic amines is 1. The Bertz CT molecular complexity index is 1510. The average molecular weight is 505 g/mol. The molecule has 36 heavy (non-hydrogen) atoms. The Hall–Kier alpha value is -3.61. The molecule has 8 nitrogen and oxygen atoms in total. The molecule has 2 N–H and O–H groups in total. The van der Waals surface area contributed by atoms with E-state index in [0.29, 0.717) is 19.3 Å². The van der Waals surface area contributed by atoms with E-state index < -0.39 is 34.5 Å². The number of ether oxygens (including phenoxy) is 1. The quantitative estimate of drug-likeness (QED) is 0.405. The van der Waals surface area contributed by atoms with Gasteiger partial charge < -0.3 is 15.0 Å². The highest BCUT2D eigenvalue weighted by molar-refractivity contribution is 6.01. The summed E-state index contributed by atoms with van der Waals surface area (Å²) in [5, 5.41) is 9.81. The molecule has 2 unspecified atom stereocenters. The van der Waals surface area contributed by atoms with Gasteiger partial charge in [0.2, 0.25) is 0 Å². The number of fused-ring (bicyclic) bond motifs is 4. The smallest absolute Gasteiger partial charge is 0.418 e. The molecule has 6 rings (SSSR count). The number of benzene rings is 1. The van der Waals surface area contributed by atoms with Gasteiger partial charge in [-0.2, -0.15) is 28.2 Å². The summed E-state index contributed by atoms with van der Waals surface area (Å²) in [5.41, 5.74) is -3.06. The zero-order valence-corrected chi connectivity index (χ0v) is 19.2. The summed E-state index contributed by atoms with van der Waals surface area (Å²) in [7, 11) is 1.30. The molecular weight excluding hydrogens is 485 g/mol. The highest BCUT2D eigenvalue weighted by Crippen LogP contribution is 2.45. The first-order valence-electron chi connectivity index (χ1n) is 11.3. The van der Waals surface area contributed by atoms with Crippen molar-refractivity contribution in [3.8, 4) is 17.1 Å². The molecule has 0 radical (unpaired) electrons. The van der Waals surface area contributed by atoms with Crippen molar-refractivity contribution in [1.82, 2.24) is 30.5 Å². The van der Waals surface area contributed by atoms with Gasteiger partial charge in [-0.05, 0) is 25.8 Å². The number of pyridine rings is 1. The lowest BCUT2D eigenvalue weighted by atomic mass is 9.94. The second-order valence-electron chi connectivity index (χ2n) is 9.11. The maximum atomic E-state index is 16.1. The lowest BCUT2D eigenvalue weighted by Gasteiger charge is -2.34. The van der Waals surface area contributed by atoms with E-state index in [1.165, 1.54) is 14.0 Å². The molecule has 2 fully saturated rings. The van der Waals surface area contributed by atoms with E-state index in [0.717, 1.165) is 18.9 Å². The Labute approximate surface area is 200 Å². The van der Waals surface area contributed by atoms with Gasteiger partial charge in [0.1, 0.15) is 17.2 Å². The number of hydrogen-bond donors (Lipinski definition) is 2. The van der Waals surface area contributed by atoms with Crippen LogP contribution in [0.15, 0.2) is 12.3 Å². The Morgan fingerprint density at radius 3 is 2.47 bits per heavy atom. The Morgan fingerprint density at radius 1 is 1.08 bits per heavy atom. The molecule has 2 saturated heterocycles. The predicted molar refractivity (Wildman–Crippen MR) is 121 cm³/mol. The standard InChI is InChI=1S/C23H20F5N7O/c1-9-15-16(13(23(26,27)28)6-29-20(15)34-33-9)17-14(24)5-12-19(18(17)25)31-22(36-2)32-21(12)35-7-10-3-4-11(8-35)30-10/h5-6,10-11,30H,3-4,7-8H2,1-2H3,(H,29,33,34). The number of H-pyrrole nitrogens is 1. The fraction of sp³-hybridized carbons (Fsp3) is 0.391. The third-order valence-electron chi connectivity index (χ3n) is 6.86. The second kappa shape index (κ2) is 7.95. The van der Waals surface area contributed by atoms with Crippen LogP contribution in [0.4, 0.5) is 27.8 Å². The van der Waals surface area contributed by atoms with Crippen LogP contribution in [0.2, 0.25) is 0 Å². The first-order valence-corrected chi connectivity index (χ1v) is 11.3. The summed E-state index contributed by atoms with van der Waals surface area (Å²) in [5.74, 6) is -2.15. The number of nitrogens with zero attached hydrogens (tertiary/aromatic N) is 5. The molecule has 188 valence electrons. The monoisotopic (exact) mass is 505 g/mol. The molecule has 2 aliphatic heterocycles. The number of anilines is 1. The van der Waals surface area contributed by atoms with Crippen LogP contribution in [-0.2, 0) is 6.18 Å². The van der Waals surface area contributed by atoms with Crippen molar-refractivity contribution >= 4 is 27.8 Å². The largest absolute Gasteiger partial charge is 0.467 e. The van der Waals surface area contributed by atoms with Crippen molar-refractivity contribution in [1.29, 1.82) is 0 Å². The van der Waals surface area contributed by atoms with Gasteiger partial charge in [0.15, 0.2) is 11.5 Å². The van der Waals surface area contributed by atoms with Gasteiger partial charge in [-0.3, -0.25) is 5.10 Å². The van der Waals surface area contributed by atoms with Crippen LogP contribution in [0.3, 0.4) is 0 Å². The molecule has 1 aromatic carbocycles. The van der Waals surface area contributed by atoms with Crippen LogP contribution in [-0.4, -0.2) is 57.4 Å². The number of piperazine rings is 1. The van der Waals surface area contributed by atoms with Crippen LogP contribution in [0.5, 0.6) is 6.01 Å². The van der Waals surface area contributed by atoms with Crippen molar-refractivity contribution in [2.45, 2.75) is 38.0 Å². The van der Waals surface area contributed by atoms with Crippen LogP contribution >= 0.6 is 0 Å². The summed E-state index contributed by atoms with van der Waals surface area (Å²) in [6, 6.07) is 1.23. The third kappa shape index (κ3) is 3.44. The molecular formula is C23H20F5N7O. The summed E-state index contributed by atoms with van der Waals surface area (Å²) >= 11 is 0. The van der Waals surface area contributed by atoms with Gasteiger partial charge in [-0.25, -0.2) is 13.8 Å². The summed E-state index contributed by atoms with van der Waals surface area (Å²) in [6.45, 7) is 2.59. The Kier molecular flexibility index (Phi) is 5.04. The van der Waals surface area contributed by atoms with Crippen LogP contribution in [0, 0.1) is 18.6 Å². The lowest BCUT2D eigenvalue weighted by Crippen LogP contribution is -2.51. The van der Waals surface area contributed by atoms with Crippen molar-refractivity contribution in [3.05, 3.63) is 35.2 Å². The number of aryl methyl sites for hydroxylation is 1. The number of methoxy groups -OCH3 is 1. The zero-order valence-electron chi connectivity index (χ0n) is 19.2. The van der Waals surface area contributed by atoms with Crippen LogP contribution in [0.1, 0.15) is 24.1 Å². The minimum Gasteiger partial charge on any atom is -0.467 e. The number of nitrogens with one attached hydrogen (secondary N) is 2. The molecule has 2 atom stereocenters. The van der Waals surface area contributed by atoms with Crippen LogP contribution < -0.4 is 15.0 Å². The van der Waals surface area contributed by atoms with Crippen molar-refractivity contribution in [2.75, 3.05) is 25.1 Å². The van der Waals surface area contributed by atoms with E-state index in [2.05, 4.69) is 30.5 Å². The molecule has 0 aliphatic carbocycles. The van der Waals surface area contributed by atoms with E-state index in [1.54, 1.807) is 0 Å². The van der Waals surface area contributed by atoms with Gasteiger partial charge >= 0.3 is 12.2 Å². The summed E-state index contributed by atoms with van der Waals surface area (Å²) < 4.78 is 79.1. The van der Waals surface area contributed by atoms with Gasteiger partial charge in [-0.15, -0.1) is 0 Å². The van der Waals surface area contributed by atoms with E-state index in [9.17, 15) is 13.2 Å². The molecule has 2 bridgehead atoms. The average Bonchev–Trinajstić information content (AvgIpc) is 3.38. The summed E-state index contributed by atoms with van der Waals surface area (Å²) in [6.07, 6.45) is -2.46. The fourth-order valence-corrected chi connectivity index (χ4v) is 5.30. The number of alkyl halides is 3. The van der Waals surface area contributed by atoms with Crippen molar-refractivity contribution in [2.24, 2.45) is 0 Å². The first kappa shape index (κ1) is 22.8. The molecule has 4 aromatic rings. The predicted octanol–water partition coefficient (Wildman–Crippen LogP) is 4.12. The third-order valence-corrected chi connectivity index (χ3v) is 6.86. The minimum atomic E-state index is -4.93. The summed E-state index contributed by atoms with van der Waals surface area (Å²) in [4.78, 5) is 14.1. The molecule has 0 saturated carbocycles. The van der Waals surface area contributed by atoms with Gasteiger partial charge in [0.05, 0.1) is 23.6 Å². The molecule has 0 amide bonds. The first-order chi connectivity index (χ1) is 17.2. The van der Waals surface area contributed by atoms with E-state index in [1.807, 2.05) is 4.90 Å².